The molecule has 1 aliphatic rings. The van der Waals surface area contributed by atoms with Crippen LogP contribution in [0.25, 0.3) is 21.9 Å². The van der Waals surface area contributed by atoms with Crippen molar-refractivity contribution < 1.29 is 14.2 Å². The van der Waals surface area contributed by atoms with Crippen molar-refractivity contribution in [3.05, 3.63) is 69.7 Å². The Balaban J connectivity index is 1.90. The van der Waals surface area contributed by atoms with Crippen LogP contribution in [0.2, 0.25) is 5.02 Å². The summed E-state index contributed by atoms with van der Waals surface area (Å²) in [5.41, 5.74) is 1.27. The van der Waals surface area contributed by atoms with Crippen molar-refractivity contribution in [1.82, 2.24) is 0 Å². The number of nitrogens with zero attached hydrogens (tertiary/aromatic N) is 1. The van der Waals surface area contributed by atoms with E-state index in [1.165, 1.54) is 6.07 Å². The summed E-state index contributed by atoms with van der Waals surface area (Å²) in [5, 5.41) is 13.8. The topological polar surface area (TPSA) is 61.6 Å². The first-order valence-electron chi connectivity index (χ1n) is 9.42. The summed E-state index contributed by atoms with van der Waals surface area (Å²) in [7, 11) is -0.515. The van der Waals surface area contributed by atoms with E-state index in [0.717, 1.165) is 21.8 Å². The predicted octanol–water partition coefficient (Wildman–Crippen LogP) is 5.37. The van der Waals surface area contributed by atoms with Crippen LogP contribution in [0.1, 0.15) is 27.7 Å². The summed E-state index contributed by atoms with van der Waals surface area (Å²) in [5.74, 6) is 0. The Bertz CT molecular complexity index is 1110. The second kappa shape index (κ2) is 6.83. The van der Waals surface area contributed by atoms with Crippen LogP contribution in [0.5, 0.6) is 0 Å². The van der Waals surface area contributed by atoms with Crippen LogP contribution in [0.3, 0.4) is 0 Å². The minimum atomic E-state index is -0.515. The molecule has 0 unspecified atom stereocenters. The summed E-state index contributed by atoms with van der Waals surface area (Å²) >= 11 is 5.99. The van der Waals surface area contributed by atoms with Gasteiger partial charge in [0.25, 0.3) is 5.69 Å². The zero-order valence-corrected chi connectivity index (χ0v) is 17.5. The van der Waals surface area contributed by atoms with Gasteiger partial charge in [-0.15, -0.1) is 0 Å². The van der Waals surface area contributed by atoms with E-state index in [4.69, 9.17) is 20.9 Å². The van der Waals surface area contributed by atoms with E-state index in [-0.39, 0.29) is 5.69 Å². The normalized spacial score (nSPS) is 17.6. The lowest BCUT2D eigenvalue weighted by Gasteiger charge is -2.32. The van der Waals surface area contributed by atoms with E-state index in [0.29, 0.717) is 10.6 Å². The zero-order chi connectivity index (χ0) is 21.0. The highest BCUT2D eigenvalue weighted by Crippen LogP contribution is 2.39. The summed E-state index contributed by atoms with van der Waals surface area (Å²) < 4.78 is 12.5. The standard InChI is InChI=1S/C22H21BClNO4/c1-21(2)22(3,4)29-23(28-21)19-10-6-8-15-16(7-5-9-17(15)19)18-12-11-14(24)13-20(18)25(26)27/h5-13H,1-4H3. The lowest BCUT2D eigenvalue weighted by molar-refractivity contribution is -0.384. The molecule has 0 aromatic heterocycles. The Labute approximate surface area is 174 Å². The number of nitro benzene ring substituents is 1. The number of hydrogen-bond donors (Lipinski definition) is 0. The molecule has 0 spiro atoms. The molecule has 0 amide bonds. The molecule has 1 fully saturated rings. The van der Waals surface area contributed by atoms with E-state index in [9.17, 15) is 10.1 Å². The average Bonchev–Trinajstić information content (AvgIpc) is 2.88. The summed E-state index contributed by atoms with van der Waals surface area (Å²) in [6.07, 6.45) is 0. The summed E-state index contributed by atoms with van der Waals surface area (Å²) in [6, 6.07) is 16.4. The number of nitro groups is 1. The van der Waals surface area contributed by atoms with Crippen molar-refractivity contribution in [2.75, 3.05) is 0 Å². The average molecular weight is 410 g/mol. The Morgan fingerprint density at radius 2 is 1.52 bits per heavy atom. The first-order chi connectivity index (χ1) is 13.6. The number of rotatable bonds is 3. The van der Waals surface area contributed by atoms with Crippen molar-refractivity contribution in [2.24, 2.45) is 0 Å². The first-order valence-corrected chi connectivity index (χ1v) is 9.80. The second-order valence-corrected chi connectivity index (χ2v) is 8.69. The van der Waals surface area contributed by atoms with Gasteiger partial charge in [0.15, 0.2) is 0 Å². The molecule has 1 aliphatic heterocycles. The second-order valence-electron chi connectivity index (χ2n) is 8.25. The van der Waals surface area contributed by atoms with E-state index in [1.54, 1.807) is 12.1 Å². The Morgan fingerprint density at radius 1 is 0.897 bits per heavy atom. The third kappa shape index (κ3) is 3.31. The fourth-order valence-corrected chi connectivity index (χ4v) is 3.79. The fourth-order valence-electron chi connectivity index (χ4n) is 3.63. The molecule has 4 rings (SSSR count). The quantitative estimate of drug-likeness (QED) is 0.331. The maximum Gasteiger partial charge on any atom is 0.495 e. The lowest BCUT2D eigenvalue weighted by atomic mass is 9.75. The van der Waals surface area contributed by atoms with Gasteiger partial charge in [0, 0.05) is 11.1 Å². The molecule has 29 heavy (non-hydrogen) atoms. The van der Waals surface area contributed by atoms with Gasteiger partial charge in [-0.05, 0) is 61.6 Å². The molecular formula is C22H21BClNO4. The molecule has 0 atom stereocenters. The SMILES string of the molecule is CC1(C)OB(c2cccc3c(-c4ccc(Cl)cc4[N+](=O)[O-])cccc23)OC1(C)C. The molecule has 1 saturated heterocycles. The van der Waals surface area contributed by atoms with E-state index >= 15 is 0 Å². The largest absolute Gasteiger partial charge is 0.495 e. The van der Waals surface area contributed by atoms with Crippen molar-refractivity contribution in [3.63, 3.8) is 0 Å². The highest BCUT2D eigenvalue weighted by Gasteiger charge is 2.52. The van der Waals surface area contributed by atoms with Gasteiger partial charge < -0.3 is 9.31 Å². The molecule has 3 aromatic carbocycles. The van der Waals surface area contributed by atoms with Gasteiger partial charge in [-0.3, -0.25) is 10.1 Å². The van der Waals surface area contributed by atoms with Gasteiger partial charge >= 0.3 is 7.12 Å². The predicted molar refractivity (Wildman–Crippen MR) is 117 cm³/mol. The zero-order valence-electron chi connectivity index (χ0n) is 16.7. The highest BCUT2D eigenvalue weighted by atomic mass is 35.5. The van der Waals surface area contributed by atoms with Crippen molar-refractivity contribution >= 4 is 40.6 Å². The van der Waals surface area contributed by atoms with Crippen LogP contribution in [0.15, 0.2) is 54.6 Å². The molecule has 3 aromatic rings. The van der Waals surface area contributed by atoms with Gasteiger partial charge in [0.05, 0.1) is 21.7 Å². The Kier molecular flexibility index (Phi) is 4.69. The number of halogens is 1. The Morgan fingerprint density at radius 3 is 2.17 bits per heavy atom. The van der Waals surface area contributed by atoms with Gasteiger partial charge in [0.2, 0.25) is 0 Å². The van der Waals surface area contributed by atoms with Crippen LogP contribution in [-0.4, -0.2) is 23.2 Å². The molecule has 0 saturated carbocycles. The minimum absolute atomic E-state index is 0.0222. The van der Waals surface area contributed by atoms with Crippen LogP contribution in [-0.2, 0) is 9.31 Å². The van der Waals surface area contributed by atoms with Crippen LogP contribution >= 0.6 is 11.6 Å². The highest BCUT2D eigenvalue weighted by molar-refractivity contribution is 6.65. The number of benzene rings is 3. The third-order valence-electron chi connectivity index (χ3n) is 5.91. The molecule has 0 aliphatic carbocycles. The van der Waals surface area contributed by atoms with E-state index in [2.05, 4.69) is 0 Å². The van der Waals surface area contributed by atoms with Crippen LogP contribution in [0, 0.1) is 10.1 Å². The van der Waals surface area contributed by atoms with Crippen molar-refractivity contribution in [3.8, 4) is 11.1 Å². The molecule has 7 heteroatoms. The van der Waals surface area contributed by atoms with Gasteiger partial charge in [0.1, 0.15) is 0 Å². The number of fused-ring (bicyclic) bond motifs is 1. The van der Waals surface area contributed by atoms with E-state index in [1.807, 2.05) is 64.1 Å². The van der Waals surface area contributed by atoms with Crippen molar-refractivity contribution in [1.29, 1.82) is 0 Å². The maximum atomic E-state index is 11.6. The van der Waals surface area contributed by atoms with Crippen LogP contribution in [0.4, 0.5) is 5.69 Å². The molecule has 148 valence electrons. The summed E-state index contributed by atoms with van der Waals surface area (Å²) in [6.45, 7) is 8.06. The molecule has 0 radical (unpaired) electrons. The molecule has 0 bridgehead atoms. The van der Waals surface area contributed by atoms with Crippen molar-refractivity contribution in [2.45, 2.75) is 38.9 Å². The Hall–Kier alpha value is -2.41. The lowest BCUT2D eigenvalue weighted by Crippen LogP contribution is -2.41. The third-order valence-corrected chi connectivity index (χ3v) is 6.14. The summed E-state index contributed by atoms with van der Waals surface area (Å²) in [4.78, 5) is 11.2. The van der Waals surface area contributed by atoms with E-state index < -0.39 is 23.2 Å². The fraction of sp³-hybridized carbons (Fsp3) is 0.273. The molecule has 0 N–H and O–H groups in total. The monoisotopic (exact) mass is 409 g/mol. The van der Waals surface area contributed by atoms with Gasteiger partial charge in [-0.1, -0.05) is 48.0 Å². The van der Waals surface area contributed by atoms with Gasteiger partial charge in [-0.2, -0.15) is 0 Å². The molecular weight excluding hydrogens is 389 g/mol. The molecule has 5 nitrogen and oxygen atoms in total. The minimum Gasteiger partial charge on any atom is -0.399 e. The van der Waals surface area contributed by atoms with Crippen LogP contribution < -0.4 is 5.46 Å². The molecule has 1 heterocycles. The number of hydrogen-bond acceptors (Lipinski definition) is 4. The first kappa shape index (κ1) is 19.9. The van der Waals surface area contributed by atoms with Gasteiger partial charge in [-0.25, -0.2) is 0 Å². The smallest absolute Gasteiger partial charge is 0.399 e. The maximum absolute atomic E-state index is 11.6.